The number of ether oxygens (including phenoxy) is 1. The molecule has 6 heteroatoms. The SMILES string of the molecule is Cn1c(OC2CCSC2)cc2nc(Cl)c(Cl)cc21. The van der Waals surface area contributed by atoms with Gasteiger partial charge < -0.3 is 9.30 Å². The van der Waals surface area contributed by atoms with Gasteiger partial charge in [0.2, 0.25) is 0 Å². The van der Waals surface area contributed by atoms with Crippen LogP contribution in [0, 0.1) is 0 Å². The van der Waals surface area contributed by atoms with Crippen molar-refractivity contribution in [3.63, 3.8) is 0 Å². The molecule has 0 N–H and O–H groups in total. The molecule has 0 spiro atoms. The number of nitrogens with zero attached hydrogens (tertiary/aromatic N) is 2. The summed E-state index contributed by atoms with van der Waals surface area (Å²) in [6.07, 6.45) is 1.39. The van der Waals surface area contributed by atoms with Crippen molar-refractivity contribution >= 4 is 46.0 Å². The van der Waals surface area contributed by atoms with Crippen molar-refractivity contribution in [2.24, 2.45) is 7.05 Å². The summed E-state index contributed by atoms with van der Waals surface area (Å²) in [7, 11) is 1.95. The van der Waals surface area contributed by atoms with Crippen LogP contribution in [-0.4, -0.2) is 27.2 Å². The molecular weight excluding hydrogens is 291 g/mol. The van der Waals surface area contributed by atoms with Gasteiger partial charge in [0.05, 0.1) is 16.1 Å². The van der Waals surface area contributed by atoms with E-state index in [1.165, 1.54) is 5.75 Å². The van der Waals surface area contributed by atoms with Crippen molar-refractivity contribution in [2.75, 3.05) is 11.5 Å². The van der Waals surface area contributed by atoms with E-state index in [4.69, 9.17) is 27.9 Å². The second-order valence-electron chi connectivity index (χ2n) is 4.31. The van der Waals surface area contributed by atoms with E-state index in [-0.39, 0.29) is 0 Å². The average Bonchev–Trinajstić information content (AvgIpc) is 2.93. The van der Waals surface area contributed by atoms with Crippen molar-refractivity contribution < 1.29 is 4.74 Å². The molecule has 1 saturated heterocycles. The van der Waals surface area contributed by atoms with Crippen LogP contribution in [0.15, 0.2) is 12.1 Å². The summed E-state index contributed by atoms with van der Waals surface area (Å²) >= 11 is 13.8. The zero-order valence-electron chi connectivity index (χ0n) is 9.82. The van der Waals surface area contributed by atoms with Crippen LogP contribution in [0.3, 0.4) is 0 Å². The van der Waals surface area contributed by atoms with E-state index in [1.807, 2.05) is 35.5 Å². The first kappa shape index (κ1) is 12.5. The molecule has 1 fully saturated rings. The summed E-state index contributed by atoms with van der Waals surface area (Å²) in [5.41, 5.74) is 1.75. The molecule has 1 aliphatic rings. The zero-order valence-corrected chi connectivity index (χ0v) is 12.1. The molecule has 1 unspecified atom stereocenters. The third-order valence-electron chi connectivity index (χ3n) is 3.07. The van der Waals surface area contributed by atoms with Gasteiger partial charge in [0.1, 0.15) is 11.3 Å². The lowest BCUT2D eigenvalue weighted by atomic mass is 10.3. The number of rotatable bonds is 2. The average molecular weight is 303 g/mol. The molecule has 96 valence electrons. The Labute approximate surface area is 119 Å². The van der Waals surface area contributed by atoms with Crippen molar-refractivity contribution in [3.8, 4) is 5.88 Å². The first-order valence-corrected chi connectivity index (χ1v) is 7.62. The second-order valence-corrected chi connectivity index (χ2v) is 6.23. The van der Waals surface area contributed by atoms with Crippen molar-refractivity contribution in [3.05, 3.63) is 22.3 Å². The van der Waals surface area contributed by atoms with Gasteiger partial charge >= 0.3 is 0 Å². The summed E-state index contributed by atoms with van der Waals surface area (Å²) in [6, 6.07) is 3.74. The molecule has 0 aliphatic carbocycles. The fourth-order valence-electron chi connectivity index (χ4n) is 2.07. The van der Waals surface area contributed by atoms with Gasteiger partial charge in [-0.15, -0.1) is 0 Å². The number of aromatic nitrogens is 2. The van der Waals surface area contributed by atoms with E-state index in [0.717, 1.165) is 29.1 Å². The van der Waals surface area contributed by atoms with E-state index < -0.39 is 0 Å². The highest BCUT2D eigenvalue weighted by atomic mass is 35.5. The van der Waals surface area contributed by atoms with Gasteiger partial charge in [0.25, 0.3) is 0 Å². The lowest BCUT2D eigenvalue weighted by molar-refractivity contribution is 0.214. The molecular formula is C12H12Cl2N2OS. The molecule has 0 bridgehead atoms. The van der Waals surface area contributed by atoms with Crippen LogP contribution in [0.4, 0.5) is 0 Å². The van der Waals surface area contributed by atoms with Gasteiger partial charge in [-0.3, -0.25) is 0 Å². The number of hydrogen-bond donors (Lipinski definition) is 0. The Kier molecular flexibility index (Phi) is 3.34. The normalized spacial score (nSPS) is 19.6. The van der Waals surface area contributed by atoms with Gasteiger partial charge in [-0.2, -0.15) is 11.8 Å². The molecule has 0 amide bonds. The monoisotopic (exact) mass is 302 g/mol. The van der Waals surface area contributed by atoms with Gasteiger partial charge in [0, 0.05) is 18.9 Å². The summed E-state index contributed by atoms with van der Waals surface area (Å²) < 4.78 is 7.95. The molecule has 3 rings (SSSR count). The highest BCUT2D eigenvalue weighted by Gasteiger charge is 2.19. The summed E-state index contributed by atoms with van der Waals surface area (Å²) in [4.78, 5) is 4.26. The predicted molar refractivity (Wildman–Crippen MR) is 77.1 cm³/mol. The maximum absolute atomic E-state index is 5.99. The van der Waals surface area contributed by atoms with Crippen LogP contribution in [0.5, 0.6) is 5.88 Å². The predicted octanol–water partition coefficient (Wildman–Crippen LogP) is 3.76. The Morgan fingerprint density at radius 3 is 3.00 bits per heavy atom. The summed E-state index contributed by atoms with van der Waals surface area (Å²) in [5, 5.41) is 0.797. The van der Waals surface area contributed by atoms with Crippen molar-refractivity contribution in [1.82, 2.24) is 9.55 Å². The standard InChI is InChI=1S/C12H12Cl2N2OS/c1-16-10-4-8(13)12(14)15-9(10)5-11(16)17-7-2-3-18-6-7/h4-5,7H,2-3,6H2,1H3. The van der Waals surface area contributed by atoms with E-state index in [1.54, 1.807) is 0 Å². The maximum Gasteiger partial charge on any atom is 0.196 e. The first-order valence-electron chi connectivity index (χ1n) is 5.71. The zero-order chi connectivity index (χ0) is 12.7. The first-order chi connectivity index (χ1) is 8.65. The summed E-state index contributed by atoms with van der Waals surface area (Å²) in [6.45, 7) is 0. The van der Waals surface area contributed by atoms with Gasteiger partial charge in [-0.1, -0.05) is 23.2 Å². The molecule has 0 radical (unpaired) electrons. The van der Waals surface area contributed by atoms with Crippen molar-refractivity contribution in [1.29, 1.82) is 0 Å². The summed E-state index contributed by atoms with van der Waals surface area (Å²) in [5.74, 6) is 3.05. The highest BCUT2D eigenvalue weighted by molar-refractivity contribution is 7.99. The molecule has 18 heavy (non-hydrogen) atoms. The maximum atomic E-state index is 5.99. The smallest absolute Gasteiger partial charge is 0.196 e. The van der Waals surface area contributed by atoms with E-state index >= 15 is 0 Å². The second kappa shape index (κ2) is 4.83. The Morgan fingerprint density at radius 2 is 2.28 bits per heavy atom. The number of halogens is 2. The topological polar surface area (TPSA) is 27.1 Å². The van der Waals surface area contributed by atoms with Crippen LogP contribution in [0.1, 0.15) is 6.42 Å². The van der Waals surface area contributed by atoms with E-state index in [9.17, 15) is 0 Å². The Morgan fingerprint density at radius 1 is 1.44 bits per heavy atom. The molecule has 3 heterocycles. The molecule has 0 aromatic carbocycles. The lowest BCUT2D eigenvalue weighted by Crippen LogP contribution is -2.16. The molecule has 2 aromatic rings. The third kappa shape index (κ3) is 2.17. The van der Waals surface area contributed by atoms with Crippen LogP contribution in [-0.2, 0) is 7.05 Å². The number of fused-ring (bicyclic) bond motifs is 1. The minimum atomic E-state index is 0.295. The fourth-order valence-corrected chi connectivity index (χ4v) is 3.45. The highest BCUT2D eigenvalue weighted by Crippen LogP contribution is 2.31. The lowest BCUT2D eigenvalue weighted by Gasteiger charge is -2.12. The van der Waals surface area contributed by atoms with E-state index in [0.29, 0.717) is 16.3 Å². The molecule has 1 aliphatic heterocycles. The van der Waals surface area contributed by atoms with Gasteiger partial charge in [0.15, 0.2) is 5.88 Å². The largest absolute Gasteiger partial charge is 0.475 e. The van der Waals surface area contributed by atoms with Gasteiger partial charge in [-0.25, -0.2) is 4.98 Å². The Hall–Kier alpha value is -0.580. The quantitative estimate of drug-likeness (QED) is 0.790. The Bertz CT molecular complexity index is 593. The van der Waals surface area contributed by atoms with Crippen molar-refractivity contribution in [2.45, 2.75) is 12.5 Å². The van der Waals surface area contributed by atoms with Crippen LogP contribution in [0.2, 0.25) is 10.2 Å². The fraction of sp³-hybridized carbons (Fsp3) is 0.417. The molecule has 1 atom stereocenters. The minimum Gasteiger partial charge on any atom is -0.475 e. The van der Waals surface area contributed by atoms with Crippen LogP contribution < -0.4 is 4.74 Å². The third-order valence-corrected chi connectivity index (χ3v) is 4.87. The molecule has 2 aromatic heterocycles. The Balaban J connectivity index is 1.99. The molecule has 0 saturated carbocycles. The number of thioether (sulfide) groups is 1. The van der Waals surface area contributed by atoms with Crippen LogP contribution >= 0.6 is 35.0 Å². The molecule has 3 nitrogen and oxygen atoms in total. The minimum absolute atomic E-state index is 0.295. The number of hydrogen-bond acceptors (Lipinski definition) is 3. The van der Waals surface area contributed by atoms with E-state index in [2.05, 4.69) is 4.98 Å². The van der Waals surface area contributed by atoms with Gasteiger partial charge in [-0.05, 0) is 18.2 Å². The number of pyridine rings is 1. The number of aryl methyl sites for hydroxylation is 1. The van der Waals surface area contributed by atoms with Crippen LogP contribution in [0.25, 0.3) is 11.0 Å².